The van der Waals surface area contributed by atoms with Gasteiger partial charge >= 0.3 is 5.97 Å². The van der Waals surface area contributed by atoms with Crippen LogP contribution in [0.15, 0.2) is 24.3 Å². The van der Waals surface area contributed by atoms with Gasteiger partial charge in [-0.3, -0.25) is 4.79 Å². The quantitative estimate of drug-likeness (QED) is 0.853. The summed E-state index contributed by atoms with van der Waals surface area (Å²) in [4.78, 5) is 10.7. The third-order valence-corrected chi connectivity index (χ3v) is 2.20. The van der Waals surface area contributed by atoms with Crippen LogP contribution in [0.1, 0.15) is 0 Å². The van der Waals surface area contributed by atoms with Crippen molar-refractivity contribution in [3.8, 4) is 5.75 Å². The van der Waals surface area contributed by atoms with Crippen LogP contribution in [0.5, 0.6) is 5.75 Å². The van der Waals surface area contributed by atoms with Gasteiger partial charge in [-0.05, 0) is 19.2 Å². The number of likely N-dealkylation sites (N-methyl/N-ethyl adjacent to an activating group) is 1. The lowest BCUT2D eigenvalue weighted by atomic mass is 10.3. The first kappa shape index (κ1) is 15.0. The number of hydrogen-bond acceptors (Lipinski definition) is 3. The average molecular weight is 266 g/mol. The van der Waals surface area contributed by atoms with Crippen LogP contribution in [-0.4, -0.2) is 30.8 Å². The Balaban J connectivity index is 0.00000225. The fraction of sp³-hybridized carbons (Fsp3) is 0.300. The molecule has 0 saturated heterocycles. The lowest BCUT2D eigenvalue weighted by Crippen LogP contribution is -2.39. The zero-order valence-corrected chi connectivity index (χ0v) is 10.2. The van der Waals surface area contributed by atoms with Crippen molar-refractivity contribution in [3.63, 3.8) is 0 Å². The summed E-state index contributed by atoms with van der Waals surface area (Å²) in [5.74, 6) is -0.467. The van der Waals surface area contributed by atoms with Crippen molar-refractivity contribution in [3.05, 3.63) is 29.3 Å². The first-order valence-electron chi connectivity index (χ1n) is 4.42. The number of benzene rings is 1. The maximum atomic E-state index is 10.7. The minimum Gasteiger partial charge on any atom is -0.490 e. The van der Waals surface area contributed by atoms with E-state index in [1.165, 1.54) is 0 Å². The van der Waals surface area contributed by atoms with Gasteiger partial charge in [-0.2, -0.15) is 0 Å². The Morgan fingerprint density at radius 3 is 2.69 bits per heavy atom. The number of aliphatic carboxylic acids is 1. The summed E-state index contributed by atoms with van der Waals surface area (Å²) in [5.41, 5.74) is 0. The van der Waals surface area contributed by atoms with E-state index in [-0.39, 0.29) is 19.0 Å². The molecular formula is C10H13Cl2NO3. The van der Waals surface area contributed by atoms with Gasteiger partial charge in [0.25, 0.3) is 0 Å². The fourth-order valence-electron chi connectivity index (χ4n) is 1.01. The number of carboxylic acids is 1. The lowest BCUT2D eigenvalue weighted by molar-refractivity contribution is -0.140. The van der Waals surface area contributed by atoms with Gasteiger partial charge < -0.3 is 15.2 Å². The maximum absolute atomic E-state index is 10.7. The maximum Gasteiger partial charge on any atom is 0.324 e. The molecule has 0 radical (unpaired) electrons. The zero-order valence-electron chi connectivity index (χ0n) is 8.64. The number of ether oxygens (including phenoxy) is 1. The number of nitrogens with one attached hydrogen (secondary N) is 1. The second-order valence-electron chi connectivity index (χ2n) is 2.92. The van der Waals surface area contributed by atoms with Crippen LogP contribution in [0, 0.1) is 0 Å². The molecule has 0 spiro atoms. The Kier molecular flexibility index (Phi) is 6.88. The number of hydrogen-bond donors (Lipinski definition) is 2. The van der Waals surface area contributed by atoms with Gasteiger partial charge in [0.1, 0.15) is 18.4 Å². The molecule has 1 rings (SSSR count). The van der Waals surface area contributed by atoms with Crippen molar-refractivity contribution < 1.29 is 14.6 Å². The molecule has 0 amide bonds. The summed E-state index contributed by atoms with van der Waals surface area (Å²) < 4.78 is 5.28. The summed E-state index contributed by atoms with van der Waals surface area (Å²) >= 11 is 5.84. The highest BCUT2D eigenvalue weighted by Crippen LogP contribution is 2.22. The van der Waals surface area contributed by atoms with Gasteiger partial charge in [0.2, 0.25) is 0 Å². The SMILES string of the molecule is CN[C@@H](COc1ccccc1Cl)C(=O)O.Cl. The Bertz CT molecular complexity index is 347. The molecule has 1 atom stereocenters. The highest BCUT2D eigenvalue weighted by Gasteiger charge is 2.15. The van der Waals surface area contributed by atoms with Crippen LogP contribution in [0.3, 0.4) is 0 Å². The van der Waals surface area contributed by atoms with E-state index in [1.807, 2.05) is 0 Å². The molecule has 0 aliphatic rings. The molecule has 4 nitrogen and oxygen atoms in total. The number of carbonyl (C=O) groups is 1. The number of halogens is 2. The van der Waals surface area contributed by atoms with Gasteiger partial charge in [0.05, 0.1) is 5.02 Å². The molecule has 0 fully saturated rings. The predicted octanol–water partition coefficient (Wildman–Crippen LogP) is 1.81. The predicted molar refractivity (Wildman–Crippen MR) is 64.7 cm³/mol. The topological polar surface area (TPSA) is 58.6 Å². The molecule has 16 heavy (non-hydrogen) atoms. The summed E-state index contributed by atoms with van der Waals surface area (Å²) in [5, 5.41) is 11.8. The molecule has 1 aromatic carbocycles. The van der Waals surface area contributed by atoms with Crippen LogP contribution in [0.4, 0.5) is 0 Å². The highest BCUT2D eigenvalue weighted by atomic mass is 35.5. The number of carboxylic acid groups (broad SMARTS) is 1. The van der Waals surface area contributed by atoms with Crippen LogP contribution in [0.25, 0.3) is 0 Å². The largest absolute Gasteiger partial charge is 0.490 e. The Morgan fingerprint density at radius 1 is 1.56 bits per heavy atom. The molecule has 0 saturated carbocycles. The van der Waals surface area contributed by atoms with E-state index in [1.54, 1.807) is 31.3 Å². The normalized spacial score (nSPS) is 11.4. The summed E-state index contributed by atoms with van der Waals surface area (Å²) in [6, 6.07) is 6.20. The molecule has 0 aliphatic carbocycles. The summed E-state index contributed by atoms with van der Waals surface area (Å²) in [6.45, 7) is 0.0373. The minimum atomic E-state index is -0.954. The summed E-state index contributed by atoms with van der Waals surface area (Å²) in [7, 11) is 1.56. The van der Waals surface area contributed by atoms with Gasteiger partial charge in [-0.25, -0.2) is 0 Å². The molecule has 0 aromatic heterocycles. The number of para-hydroxylation sites is 1. The van der Waals surface area contributed by atoms with E-state index >= 15 is 0 Å². The van der Waals surface area contributed by atoms with Crippen molar-refractivity contribution in [1.82, 2.24) is 5.32 Å². The van der Waals surface area contributed by atoms with Crippen molar-refractivity contribution in [1.29, 1.82) is 0 Å². The van der Waals surface area contributed by atoms with E-state index in [2.05, 4.69) is 5.32 Å². The van der Waals surface area contributed by atoms with Crippen LogP contribution >= 0.6 is 24.0 Å². The second kappa shape index (κ2) is 7.33. The Labute approximate surface area is 105 Å². The van der Waals surface area contributed by atoms with Crippen molar-refractivity contribution >= 4 is 30.0 Å². The third-order valence-electron chi connectivity index (χ3n) is 1.89. The van der Waals surface area contributed by atoms with Gasteiger partial charge in [0.15, 0.2) is 0 Å². The van der Waals surface area contributed by atoms with Crippen molar-refractivity contribution in [2.45, 2.75) is 6.04 Å². The van der Waals surface area contributed by atoms with Gasteiger partial charge in [0, 0.05) is 0 Å². The van der Waals surface area contributed by atoms with Crippen LogP contribution in [-0.2, 0) is 4.79 Å². The van der Waals surface area contributed by atoms with E-state index in [4.69, 9.17) is 21.4 Å². The fourth-order valence-corrected chi connectivity index (χ4v) is 1.20. The molecule has 90 valence electrons. The van der Waals surface area contributed by atoms with Crippen LogP contribution < -0.4 is 10.1 Å². The van der Waals surface area contributed by atoms with E-state index in [0.29, 0.717) is 10.8 Å². The third kappa shape index (κ3) is 4.26. The molecular weight excluding hydrogens is 253 g/mol. The smallest absolute Gasteiger partial charge is 0.324 e. The molecule has 0 heterocycles. The second-order valence-corrected chi connectivity index (χ2v) is 3.33. The molecule has 6 heteroatoms. The molecule has 0 unspecified atom stereocenters. The Hall–Kier alpha value is -0.970. The standard InChI is InChI=1S/C10H12ClNO3.ClH/c1-12-8(10(13)14)6-15-9-5-3-2-4-7(9)11;/h2-5,8,12H,6H2,1H3,(H,13,14);1H/t8-;/m0./s1. The summed E-state index contributed by atoms with van der Waals surface area (Å²) in [6.07, 6.45) is 0. The van der Waals surface area contributed by atoms with E-state index < -0.39 is 12.0 Å². The van der Waals surface area contributed by atoms with E-state index in [0.717, 1.165) is 0 Å². The van der Waals surface area contributed by atoms with Crippen LogP contribution in [0.2, 0.25) is 5.02 Å². The van der Waals surface area contributed by atoms with Gasteiger partial charge in [-0.15, -0.1) is 12.4 Å². The lowest BCUT2D eigenvalue weighted by Gasteiger charge is -2.13. The first-order chi connectivity index (χ1) is 7.15. The molecule has 1 aromatic rings. The molecule has 2 N–H and O–H groups in total. The Morgan fingerprint density at radius 2 is 2.19 bits per heavy atom. The molecule has 0 aliphatic heterocycles. The average Bonchev–Trinajstić information content (AvgIpc) is 2.21. The number of rotatable bonds is 5. The minimum absolute atomic E-state index is 0. The van der Waals surface area contributed by atoms with Gasteiger partial charge in [-0.1, -0.05) is 23.7 Å². The van der Waals surface area contributed by atoms with Crippen molar-refractivity contribution in [2.75, 3.05) is 13.7 Å². The monoisotopic (exact) mass is 265 g/mol. The zero-order chi connectivity index (χ0) is 11.3. The molecule has 0 bridgehead atoms. The van der Waals surface area contributed by atoms with Crippen molar-refractivity contribution in [2.24, 2.45) is 0 Å². The highest BCUT2D eigenvalue weighted by molar-refractivity contribution is 6.32. The first-order valence-corrected chi connectivity index (χ1v) is 4.80. The van der Waals surface area contributed by atoms with E-state index in [9.17, 15) is 4.79 Å².